The van der Waals surface area contributed by atoms with Crippen molar-refractivity contribution in [1.82, 2.24) is 4.90 Å². The minimum atomic E-state index is -0.994. The van der Waals surface area contributed by atoms with E-state index in [1.54, 1.807) is 12.1 Å². The van der Waals surface area contributed by atoms with Gasteiger partial charge in [-0.3, -0.25) is 9.69 Å². The molecule has 1 aliphatic carbocycles. The number of nitrogens with zero attached hydrogens (tertiary/aromatic N) is 2. The number of benzene rings is 2. The molecule has 0 spiro atoms. The van der Waals surface area contributed by atoms with E-state index in [1.165, 1.54) is 30.3 Å². The number of carbonyl (C=O) groups is 2. The summed E-state index contributed by atoms with van der Waals surface area (Å²) in [5, 5.41) is 9.89. The van der Waals surface area contributed by atoms with Crippen LogP contribution in [0.4, 0.5) is 5.69 Å². The van der Waals surface area contributed by atoms with E-state index in [9.17, 15) is 14.7 Å². The first kappa shape index (κ1) is 20.9. The van der Waals surface area contributed by atoms with Gasteiger partial charge in [0.25, 0.3) is 5.91 Å². The van der Waals surface area contributed by atoms with E-state index in [0.717, 1.165) is 35.7 Å². The second-order valence-corrected chi connectivity index (χ2v) is 9.31. The van der Waals surface area contributed by atoms with Crippen molar-refractivity contribution in [3.05, 3.63) is 69.0 Å². The van der Waals surface area contributed by atoms with Gasteiger partial charge < -0.3 is 5.11 Å². The monoisotopic (exact) mass is 484 g/mol. The van der Waals surface area contributed by atoms with Gasteiger partial charge in [0.2, 0.25) is 0 Å². The van der Waals surface area contributed by atoms with Crippen LogP contribution in [-0.4, -0.2) is 33.1 Å². The fraction of sp³-hybridized carbons (Fsp3) is 0.261. The van der Waals surface area contributed by atoms with Crippen LogP contribution in [0.25, 0.3) is 6.08 Å². The summed E-state index contributed by atoms with van der Waals surface area (Å²) in [7, 11) is 0. The van der Waals surface area contributed by atoms with Gasteiger partial charge in [0.05, 0.1) is 16.2 Å². The molecule has 154 valence electrons. The maximum absolute atomic E-state index is 13.3. The minimum Gasteiger partial charge on any atom is -0.478 e. The molecule has 1 N–H and O–H groups in total. The van der Waals surface area contributed by atoms with Gasteiger partial charge in [-0.05, 0) is 66.6 Å². The lowest BCUT2D eigenvalue weighted by molar-refractivity contribution is -0.124. The standard InChI is InChI=1S/C23H21BrN2O3S/c24-17-8-4-6-15(12-17)13-20-21(27)26(19-10-2-1-3-11-19)23(30-20)25-18-9-5-7-16(14-18)22(28)29/h4-9,12-14,19H,1-3,10-11H2,(H,28,29)/b20-13-,25-23?. The first-order chi connectivity index (χ1) is 14.5. The third-order valence-electron chi connectivity index (χ3n) is 5.24. The molecule has 1 aliphatic heterocycles. The Labute approximate surface area is 188 Å². The number of amides is 1. The lowest BCUT2D eigenvalue weighted by Gasteiger charge is -2.30. The molecule has 0 radical (unpaired) electrons. The quantitative estimate of drug-likeness (QED) is 0.533. The van der Waals surface area contributed by atoms with Crippen LogP contribution in [0.2, 0.25) is 0 Å². The highest BCUT2D eigenvalue weighted by molar-refractivity contribution is 9.10. The zero-order valence-corrected chi connectivity index (χ0v) is 18.7. The summed E-state index contributed by atoms with van der Waals surface area (Å²) in [5.41, 5.74) is 1.66. The molecule has 2 aromatic rings. The Morgan fingerprint density at radius 3 is 2.63 bits per heavy atom. The van der Waals surface area contributed by atoms with Gasteiger partial charge in [-0.2, -0.15) is 0 Å². The molecule has 1 saturated carbocycles. The number of aromatic carboxylic acids is 1. The zero-order valence-electron chi connectivity index (χ0n) is 16.3. The molecule has 0 unspecified atom stereocenters. The molecule has 5 nitrogen and oxygen atoms in total. The van der Waals surface area contributed by atoms with Crippen molar-refractivity contribution in [2.24, 2.45) is 4.99 Å². The lowest BCUT2D eigenvalue weighted by atomic mass is 9.94. The summed E-state index contributed by atoms with van der Waals surface area (Å²) in [4.78, 5) is 31.8. The van der Waals surface area contributed by atoms with Crippen LogP contribution in [0.15, 0.2) is 62.9 Å². The van der Waals surface area contributed by atoms with E-state index in [1.807, 2.05) is 35.2 Å². The van der Waals surface area contributed by atoms with Crippen LogP contribution in [0.1, 0.15) is 48.0 Å². The molecule has 30 heavy (non-hydrogen) atoms. The van der Waals surface area contributed by atoms with E-state index in [2.05, 4.69) is 20.9 Å². The Hall–Kier alpha value is -2.38. The summed E-state index contributed by atoms with van der Waals surface area (Å²) < 4.78 is 0.954. The zero-order chi connectivity index (χ0) is 21.1. The summed E-state index contributed by atoms with van der Waals surface area (Å²) in [6.45, 7) is 0. The maximum Gasteiger partial charge on any atom is 0.335 e. The Balaban J connectivity index is 1.71. The Kier molecular flexibility index (Phi) is 6.39. The first-order valence-electron chi connectivity index (χ1n) is 9.92. The molecule has 1 amide bonds. The number of amidine groups is 1. The average molecular weight is 485 g/mol. The van der Waals surface area contributed by atoms with E-state index >= 15 is 0 Å². The molecular formula is C23H21BrN2O3S. The number of hydrogen-bond acceptors (Lipinski definition) is 4. The summed E-state index contributed by atoms with van der Waals surface area (Å²) in [6.07, 6.45) is 7.22. The number of halogens is 1. The van der Waals surface area contributed by atoms with Crippen molar-refractivity contribution in [1.29, 1.82) is 0 Å². The number of carboxylic acids is 1. The van der Waals surface area contributed by atoms with Gasteiger partial charge in [-0.15, -0.1) is 0 Å². The second kappa shape index (κ2) is 9.18. The van der Waals surface area contributed by atoms with Crippen molar-refractivity contribution < 1.29 is 14.7 Å². The van der Waals surface area contributed by atoms with Gasteiger partial charge in [0.1, 0.15) is 0 Å². The SMILES string of the molecule is O=C(O)c1cccc(N=C2S/C(=C\c3cccc(Br)c3)C(=O)N2C2CCCCC2)c1. The van der Waals surface area contributed by atoms with E-state index in [4.69, 9.17) is 0 Å². The van der Waals surface area contributed by atoms with Crippen LogP contribution >= 0.6 is 27.7 Å². The number of aliphatic imine (C=N–C) groups is 1. The Morgan fingerprint density at radius 1 is 1.13 bits per heavy atom. The highest BCUT2D eigenvalue weighted by Crippen LogP contribution is 2.38. The Morgan fingerprint density at radius 2 is 1.90 bits per heavy atom. The van der Waals surface area contributed by atoms with E-state index < -0.39 is 5.97 Å². The highest BCUT2D eigenvalue weighted by atomic mass is 79.9. The number of rotatable bonds is 4. The summed E-state index contributed by atoms with van der Waals surface area (Å²) in [6, 6.07) is 14.5. The fourth-order valence-corrected chi connectivity index (χ4v) is 5.27. The minimum absolute atomic E-state index is 0.0278. The van der Waals surface area contributed by atoms with Crippen molar-refractivity contribution in [3.63, 3.8) is 0 Å². The molecule has 4 rings (SSSR count). The number of carbonyl (C=O) groups excluding carboxylic acids is 1. The van der Waals surface area contributed by atoms with Crippen molar-refractivity contribution in [2.75, 3.05) is 0 Å². The molecule has 2 fully saturated rings. The molecule has 1 heterocycles. The number of hydrogen-bond donors (Lipinski definition) is 1. The molecule has 2 aromatic carbocycles. The Bertz CT molecular complexity index is 1040. The van der Waals surface area contributed by atoms with Crippen LogP contribution in [0.3, 0.4) is 0 Å². The van der Waals surface area contributed by atoms with Crippen molar-refractivity contribution in [2.45, 2.75) is 38.1 Å². The van der Waals surface area contributed by atoms with Gasteiger partial charge >= 0.3 is 5.97 Å². The fourth-order valence-electron chi connectivity index (χ4n) is 3.79. The van der Waals surface area contributed by atoms with Gasteiger partial charge in [0, 0.05) is 10.5 Å². The number of thioether (sulfide) groups is 1. The van der Waals surface area contributed by atoms with Crippen LogP contribution in [0, 0.1) is 0 Å². The van der Waals surface area contributed by atoms with Gasteiger partial charge in [-0.25, -0.2) is 9.79 Å². The topological polar surface area (TPSA) is 70.0 Å². The third-order valence-corrected chi connectivity index (χ3v) is 6.72. The first-order valence-corrected chi connectivity index (χ1v) is 11.5. The van der Waals surface area contributed by atoms with Crippen LogP contribution in [-0.2, 0) is 4.79 Å². The van der Waals surface area contributed by atoms with Crippen LogP contribution < -0.4 is 0 Å². The van der Waals surface area contributed by atoms with E-state index in [0.29, 0.717) is 15.8 Å². The molecule has 1 saturated heterocycles. The van der Waals surface area contributed by atoms with Crippen molar-refractivity contribution in [3.8, 4) is 0 Å². The number of carboxylic acid groups (broad SMARTS) is 1. The summed E-state index contributed by atoms with van der Waals surface area (Å²) in [5.74, 6) is -1.02. The molecule has 0 atom stereocenters. The molecule has 7 heteroatoms. The molecular weight excluding hydrogens is 464 g/mol. The average Bonchev–Trinajstić information content (AvgIpc) is 3.03. The lowest BCUT2D eigenvalue weighted by Crippen LogP contribution is -2.40. The van der Waals surface area contributed by atoms with Crippen molar-refractivity contribution >= 4 is 56.5 Å². The molecule has 2 aliphatic rings. The molecule has 0 aromatic heterocycles. The van der Waals surface area contributed by atoms with E-state index in [-0.39, 0.29) is 17.5 Å². The smallest absolute Gasteiger partial charge is 0.335 e. The van der Waals surface area contributed by atoms with Gasteiger partial charge in [-0.1, -0.05) is 53.4 Å². The van der Waals surface area contributed by atoms with Gasteiger partial charge in [0.15, 0.2) is 5.17 Å². The third kappa shape index (κ3) is 4.68. The van der Waals surface area contributed by atoms with Crippen LogP contribution in [0.5, 0.6) is 0 Å². The predicted octanol–water partition coefficient (Wildman–Crippen LogP) is 6.08. The summed E-state index contributed by atoms with van der Waals surface area (Å²) >= 11 is 4.83. The second-order valence-electron chi connectivity index (χ2n) is 7.38. The highest BCUT2D eigenvalue weighted by Gasteiger charge is 2.38. The molecule has 0 bridgehead atoms. The maximum atomic E-state index is 13.3. The normalized spacial score (nSPS) is 20.3. The predicted molar refractivity (Wildman–Crippen MR) is 124 cm³/mol. The largest absolute Gasteiger partial charge is 0.478 e.